The molecule has 1 atom stereocenters. The van der Waals surface area contributed by atoms with Crippen molar-refractivity contribution in [3.63, 3.8) is 0 Å². The van der Waals surface area contributed by atoms with Crippen LogP contribution in [-0.2, 0) is 11.2 Å². The second kappa shape index (κ2) is 7.90. The van der Waals surface area contributed by atoms with Crippen LogP contribution in [0.3, 0.4) is 0 Å². The predicted octanol–water partition coefficient (Wildman–Crippen LogP) is 5.25. The number of Topliss-reactive ketones (excluding diaryl/α,β-unsaturated/α-hetero) is 1. The highest BCUT2D eigenvalue weighted by Gasteiger charge is 2.32. The number of halogens is 1. The SMILES string of the molecule is Cc1c(C(=O)OC2CCCCCC2)[nH]c2c1C(=O)C[C@@H](c1ccc(F)cc1)C2. The number of hydrogen-bond acceptors (Lipinski definition) is 3. The Balaban J connectivity index is 1.54. The first-order valence-electron chi connectivity index (χ1n) is 10.2. The van der Waals surface area contributed by atoms with E-state index in [0.717, 1.165) is 36.9 Å². The molecule has 28 heavy (non-hydrogen) atoms. The molecule has 5 heteroatoms. The Morgan fingerprint density at radius 2 is 1.75 bits per heavy atom. The topological polar surface area (TPSA) is 59.2 Å². The number of hydrogen-bond donors (Lipinski definition) is 1. The van der Waals surface area contributed by atoms with Crippen molar-refractivity contribution in [1.82, 2.24) is 4.98 Å². The van der Waals surface area contributed by atoms with Crippen LogP contribution in [0.15, 0.2) is 24.3 Å². The van der Waals surface area contributed by atoms with Crippen LogP contribution < -0.4 is 0 Å². The van der Waals surface area contributed by atoms with Gasteiger partial charge in [-0.05, 0) is 68.2 Å². The summed E-state index contributed by atoms with van der Waals surface area (Å²) in [4.78, 5) is 28.7. The molecule has 1 heterocycles. The summed E-state index contributed by atoms with van der Waals surface area (Å²) in [5.74, 6) is -0.627. The highest BCUT2D eigenvalue weighted by atomic mass is 19.1. The number of aromatic nitrogens is 1. The van der Waals surface area contributed by atoms with E-state index in [0.29, 0.717) is 29.7 Å². The Kier molecular flexibility index (Phi) is 5.33. The summed E-state index contributed by atoms with van der Waals surface area (Å²) in [7, 11) is 0. The average molecular weight is 383 g/mol. The number of carbonyl (C=O) groups excluding carboxylic acids is 2. The number of benzene rings is 1. The molecule has 1 fully saturated rings. The van der Waals surface area contributed by atoms with Gasteiger partial charge in [0.2, 0.25) is 0 Å². The van der Waals surface area contributed by atoms with Crippen LogP contribution in [0.25, 0.3) is 0 Å². The molecule has 2 aromatic rings. The molecule has 1 saturated carbocycles. The van der Waals surface area contributed by atoms with Crippen molar-refractivity contribution in [2.75, 3.05) is 0 Å². The van der Waals surface area contributed by atoms with Crippen LogP contribution >= 0.6 is 0 Å². The number of fused-ring (bicyclic) bond motifs is 1. The molecule has 4 nitrogen and oxygen atoms in total. The van der Waals surface area contributed by atoms with Gasteiger partial charge in [-0.1, -0.05) is 25.0 Å². The second-order valence-electron chi connectivity index (χ2n) is 8.08. The molecule has 0 unspecified atom stereocenters. The molecule has 1 N–H and O–H groups in total. The van der Waals surface area contributed by atoms with Gasteiger partial charge in [0.1, 0.15) is 17.6 Å². The van der Waals surface area contributed by atoms with Crippen LogP contribution in [0.2, 0.25) is 0 Å². The Hall–Kier alpha value is -2.43. The van der Waals surface area contributed by atoms with Crippen LogP contribution in [0.4, 0.5) is 4.39 Å². The van der Waals surface area contributed by atoms with Crippen molar-refractivity contribution in [3.05, 3.63) is 58.2 Å². The lowest BCUT2D eigenvalue weighted by Gasteiger charge is -2.22. The van der Waals surface area contributed by atoms with Crippen LogP contribution in [0, 0.1) is 12.7 Å². The smallest absolute Gasteiger partial charge is 0.355 e. The van der Waals surface area contributed by atoms with Gasteiger partial charge in [-0.3, -0.25) is 4.79 Å². The molecular formula is C23H26FNO3. The zero-order valence-electron chi connectivity index (χ0n) is 16.2. The fraction of sp³-hybridized carbons (Fsp3) is 0.478. The molecule has 0 radical (unpaired) electrons. The number of rotatable bonds is 3. The van der Waals surface area contributed by atoms with Gasteiger partial charge in [0.05, 0.1) is 0 Å². The van der Waals surface area contributed by atoms with E-state index in [1.807, 2.05) is 6.92 Å². The average Bonchev–Trinajstić information content (AvgIpc) is 2.84. The largest absolute Gasteiger partial charge is 0.458 e. The first-order chi connectivity index (χ1) is 13.5. The van der Waals surface area contributed by atoms with E-state index in [9.17, 15) is 14.0 Å². The lowest BCUT2D eigenvalue weighted by atomic mass is 9.81. The number of ether oxygens (including phenoxy) is 1. The summed E-state index contributed by atoms with van der Waals surface area (Å²) in [6.07, 6.45) is 7.38. The van der Waals surface area contributed by atoms with Crippen molar-refractivity contribution >= 4 is 11.8 Å². The van der Waals surface area contributed by atoms with Crippen molar-refractivity contribution in [2.45, 2.75) is 70.3 Å². The summed E-state index contributed by atoms with van der Waals surface area (Å²) >= 11 is 0. The minimum absolute atomic E-state index is 0.00984. The standard InChI is InChI=1S/C23H26FNO3/c1-14-21-19(12-16(13-20(21)26)15-8-10-17(24)11-9-15)25-22(14)23(27)28-18-6-4-2-3-5-7-18/h8-11,16,18,25H,2-7,12-13H2,1H3/t16-/m0/s1. The van der Waals surface area contributed by atoms with E-state index in [2.05, 4.69) is 4.98 Å². The van der Waals surface area contributed by atoms with Gasteiger partial charge in [-0.2, -0.15) is 0 Å². The minimum Gasteiger partial charge on any atom is -0.458 e. The normalized spacial score (nSPS) is 20.5. The van der Waals surface area contributed by atoms with E-state index in [1.54, 1.807) is 12.1 Å². The molecule has 1 aromatic carbocycles. The van der Waals surface area contributed by atoms with Gasteiger partial charge in [0.15, 0.2) is 5.78 Å². The number of nitrogens with one attached hydrogen (secondary N) is 1. The molecule has 4 rings (SSSR count). The Bertz CT molecular complexity index is 876. The number of carbonyl (C=O) groups is 2. The van der Waals surface area contributed by atoms with Crippen LogP contribution in [-0.4, -0.2) is 22.8 Å². The van der Waals surface area contributed by atoms with Crippen molar-refractivity contribution < 1.29 is 18.7 Å². The molecule has 2 aliphatic rings. The lowest BCUT2D eigenvalue weighted by molar-refractivity contribution is 0.0260. The fourth-order valence-electron chi connectivity index (χ4n) is 4.58. The maximum Gasteiger partial charge on any atom is 0.355 e. The first-order valence-corrected chi connectivity index (χ1v) is 10.2. The van der Waals surface area contributed by atoms with Crippen LogP contribution in [0.1, 0.15) is 88.5 Å². The second-order valence-corrected chi connectivity index (χ2v) is 8.08. The Labute approximate surface area is 164 Å². The third-order valence-corrected chi connectivity index (χ3v) is 6.11. The highest BCUT2D eigenvalue weighted by Crippen LogP contribution is 2.35. The zero-order valence-corrected chi connectivity index (χ0v) is 16.2. The van der Waals surface area contributed by atoms with Crippen molar-refractivity contribution in [2.24, 2.45) is 0 Å². The number of ketones is 1. The quantitative estimate of drug-likeness (QED) is 0.581. The predicted molar refractivity (Wildman–Crippen MR) is 104 cm³/mol. The molecule has 1 aromatic heterocycles. The van der Waals surface area contributed by atoms with E-state index >= 15 is 0 Å². The van der Waals surface area contributed by atoms with Gasteiger partial charge in [0, 0.05) is 17.7 Å². The lowest BCUT2D eigenvalue weighted by Crippen LogP contribution is -2.18. The molecule has 0 amide bonds. The van der Waals surface area contributed by atoms with Gasteiger partial charge >= 0.3 is 5.97 Å². The van der Waals surface area contributed by atoms with Crippen molar-refractivity contribution in [1.29, 1.82) is 0 Å². The van der Waals surface area contributed by atoms with Gasteiger partial charge in [-0.15, -0.1) is 0 Å². The van der Waals surface area contributed by atoms with Gasteiger partial charge in [-0.25, -0.2) is 9.18 Å². The number of aromatic amines is 1. The zero-order chi connectivity index (χ0) is 19.7. The summed E-state index contributed by atoms with van der Waals surface area (Å²) in [6, 6.07) is 6.31. The molecule has 0 aliphatic heterocycles. The first kappa shape index (κ1) is 18.9. The van der Waals surface area contributed by atoms with Gasteiger partial charge < -0.3 is 9.72 Å². The summed E-state index contributed by atoms with van der Waals surface area (Å²) in [5, 5.41) is 0. The summed E-state index contributed by atoms with van der Waals surface area (Å²) < 4.78 is 19.0. The molecule has 0 bridgehead atoms. The molecule has 2 aliphatic carbocycles. The third kappa shape index (κ3) is 3.75. The number of esters is 1. The molecule has 0 saturated heterocycles. The number of H-pyrrole nitrogens is 1. The maximum absolute atomic E-state index is 13.2. The van der Waals surface area contributed by atoms with E-state index < -0.39 is 0 Å². The highest BCUT2D eigenvalue weighted by molar-refractivity contribution is 6.03. The summed E-state index contributed by atoms with van der Waals surface area (Å²) in [6.45, 7) is 1.81. The van der Waals surface area contributed by atoms with E-state index in [1.165, 1.54) is 25.0 Å². The maximum atomic E-state index is 13.2. The molecule has 0 spiro atoms. The fourth-order valence-corrected chi connectivity index (χ4v) is 4.58. The summed E-state index contributed by atoms with van der Waals surface area (Å²) in [5.41, 5.74) is 3.45. The molecular weight excluding hydrogens is 357 g/mol. The van der Waals surface area contributed by atoms with Gasteiger partial charge in [0.25, 0.3) is 0 Å². The van der Waals surface area contributed by atoms with E-state index in [-0.39, 0.29) is 29.6 Å². The van der Waals surface area contributed by atoms with Crippen LogP contribution in [0.5, 0.6) is 0 Å². The third-order valence-electron chi connectivity index (χ3n) is 6.11. The Morgan fingerprint density at radius 3 is 2.43 bits per heavy atom. The minimum atomic E-state index is -0.357. The van der Waals surface area contributed by atoms with Crippen molar-refractivity contribution in [3.8, 4) is 0 Å². The molecule has 148 valence electrons. The monoisotopic (exact) mass is 383 g/mol. The van der Waals surface area contributed by atoms with E-state index in [4.69, 9.17) is 4.74 Å². The Morgan fingerprint density at radius 1 is 1.07 bits per heavy atom.